The summed E-state index contributed by atoms with van der Waals surface area (Å²) in [6.07, 6.45) is 2.12. The van der Waals surface area contributed by atoms with Crippen LogP contribution in [0.25, 0.3) is 0 Å². The van der Waals surface area contributed by atoms with Gasteiger partial charge in [0.1, 0.15) is 0 Å². The predicted octanol–water partition coefficient (Wildman–Crippen LogP) is 1.10. The van der Waals surface area contributed by atoms with Gasteiger partial charge in [-0.15, -0.1) is 0 Å². The summed E-state index contributed by atoms with van der Waals surface area (Å²) >= 11 is 0. The normalized spacial score (nSPS) is 12.0. The average Bonchev–Trinajstić information content (AvgIpc) is 1.89. The van der Waals surface area contributed by atoms with E-state index in [4.69, 9.17) is 5.11 Å². The van der Waals surface area contributed by atoms with Gasteiger partial charge in [-0.05, 0) is 19.8 Å². The molecule has 56 valence electrons. The standard InChI is InChI=1S/C7H17NO/c1-4-7(3,5-2)8-6-9/h8-9H,4-6H2,1-3H3. The Kier molecular flexibility index (Phi) is 3.82. The van der Waals surface area contributed by atoms with Gasteiger partial charge < -0.3 is 5.11 Å². The minimum Gasteiger partial charge on any atom is -0.381 e. The van der Waals surface area contributed by atoms with Crippen LogP contribution < -0.4 is 5.32 Å². The smallest absolute Gasteiger partial charge is 0.0935 e. The van der Waals surface area contributed by atoms with Crippen molar-refractivity contribution in [1.82, 2.24) is 5.32 Å². The van der Waals surface area contributed by atoms with Crippen LogP contribution in [0.3, 0.4) is 0 Å². The molecule has 2 N–H and O–H groups in total. The van der Waals surface area contributed by atoms with Crippen LogP contribution >= 0.6 is 0 Å². The molecule has 0 aromatic heterocycles. The molecule has 0 saturated heterocycles. The average molecular weight is 131 g/mol. The van der Waals surface area contributed by atoms with Crippen molar-refractivity contribution in [3.8, 4) is 0 Å². The molecule has 0 bridgehead atoms. The van der Waals surface area contributed by atoms with Crippen LogP contribution in [0.4, 0.5) is 0 Å². The van der Waals surface area contributed by atoms with Gasteiger partial charge in [0.2, 0.25) is 0 Å². The van der Waals surface area contributed by atoms with E-state index in [0.717, 1.165) is 12.8 Å². The van der Waals surface area contributed by atoms with E-state index in [0.29, 0.717) is 0 Å². The van der Waals surface area contributed by atoms with Crippen LogP contribution in [0.2, 0.25) is 0 Å². The number of aliphatic hydroxyl groups is 1. The lowest BCUT2D eigenvalue weighted by Crippen LogP contribution is -2.41. The van der Waals surface area contributed by atoms with E-state index in [1.165, 1.54) is 0 Å². The number of nitrogens with one attached hydrogen (secondary N) is 1. The molecule has 0 unspecified atom stereocenters. The summed E-state index contributed by atoms with van der Waals surface area (Å²) in [6.45, 7) is 6.43. The third-order valence-corrected chi connectivity index (χ3v) is 2.07. The van der Waals surface area contributed by atoms with Gasteiger partial charge in [-0.3, -0.25) is 5.32 Å². The second-order valence-electron chi connectivity index (χ2n) is 2.60. The molecule has 0 fully saturated rings. The van der Waals surface area contributed by atoms with Gasteiger partial charge >= 0.3 is 0 Å². The zero-order valence-electron chi connectivity index (χ0n) is 6.57. The summed E-state index contributed by atoms with van der Waals surface area (Å²) in [4.78, 5) is 0. The van der Waals surface area contributed by atoms with Crippen LogP contribution in [0.15, 0.2) is 0 Å². The molecular formula is C7H17NO. The monoisotopic (exact) mass is 131 g/mol. The molecule has 0 heterocycles. The largest absolute Gasteiger partial charge is 0.381 e. The summed E-state index contributed by atoms with van der Waals surface area (Å²) in [6, 6.07) is 0. The third kappa shape index (κ3) is 2.82. The maximum Gasteiger partial charge on any atom is 0.0935 e. The highest BCUT2D eigenvalue weighted by Crippen LogP contribution is 2.11. The van der Waals surface area contributed by atoms with E-state index in [1.54, 1.807) is 0 Å². The van der Waals surface area contributed by atoms with E-state index in [2.05, 4.69) is 26.1 Å². The Morgan fingerprint density at radius 3 is 1.89 bits per heavy atom. The molecule has 0 aliphatic carbocycles. The number of hydrogen-bond donors (Lipinski definition) is 2. The lowest BCUT2D eigenvalue weighted by atomic mass is 9.96. The molecule has 0 aromatic carbocycles. The van der Waals surface area contributed by atoms with Gasteiger partial charge in [0.05, 0.1) is 6.73 Å². The molecule has 0 amide bonds. The van der Waals surface area contributed by atoms with E-state index in [-0.39, 0.29) is 12.3 Å². The minimum absolute atomic E-state index is 0.0815. The Bertz CT molecular complexity index is 69.3. The highest BCUT2D eigenvalue weighted by molar-refractivity contribution is 4.77. The number of aliphatic hydroxyl groups excluding tert-OH is 1. The van der Waals surface area contributed by atoms with E-state index in [1.807, 2.05) is 0 Å². The van der Waals surface area contributed by atoms with Crippen LogP contribution in [0, 0.1) is 0 Å². The van der Waals surface area contributed by atoms with Gasteiger partial charge in [-0.2, -0.15) is 0 Å². The zero-order chi connectivity index (χ0) is 7.33. The Labute approximate surface area is 57.3 Å². The molecule has 2 heteroatoms. The molecule has 0 aliphatic rings. The van der Waals surface area contributed by atoms with Crippen molar-refractivity contribution in [2.24, 2.45) is 0 Å². The number of hydrogen-bond acceptors (Lipinski definition) is 2. The van der Waals surface area contributed by atoms with Crippen LogP contribution in [-0.4, -0.2) is 17.4 Å². The summed E-state index contributed by atoms with van der Waals surface area (Å²) in [5.41, 5.74) is 0.134. The lowest BCUT2D eigenvalue weighted by molar-refractivity contribution is 0.193. The summed E-state index contributed by atoms with van der Waals surface area (Å²) in [5, 5.41) is 11.6. The zero-order valence-corrected chi connectivity index (χ0v) is 6.57. The van der Waals surface area contributed by atoms with Crippen molar-refractivity contribution in [2.45, 2.75) is 39.2 Å². The minimum atomic E-state index is 0.0815. The van der Waals surface area contributed by atoms with Crippen LogP contribution in [0.1, 0.15) is 33.6 Å². The Hall–Kier alpha value is -0.0800. The first-order valence-electron chi connectivity index (χ1n) is 3.54. The summed E-state index contributed by atoms with van der Waals surface area (Å²) < 4.78 is 0. The van der Waals surface area contributed by atoms with Crippen molar-refractivity contribution in [2.75, 3.05) is 6.73 Å². The quantitative estimate of drug-likeness (QED) is 0.560. The molecule has 0 atom stereocenters. The Morgan fingerprint density at radius 2 is 1.78 bits per heavy atom. The van der Waals surface area contributed by atoms with Crippen molar-refractivity contribution in [3.63, 3.8) is 0 Å². The highest BCUT2D eigenvalue weighted by Gasteiger charge is 2.16. The predicted molar refractivity (Wildman–Crippen MR) is 39.2 cm³/mol. The molecule has 2 nitrogen and oxygen atoms in total. The molecule has 9 heavy (non-hydrogen) atoms. The molecular weight excluding hydrogens is 114 g/mol. The topological polar surface area (TPSA) is 32.3 Å². The molecule has 0 saturated carbocycles. The molecule has 0 spiro atoms. The molecule has 0 rings (SSSR count). The van der Waals surface area contributed by atoms with E-state index < -0.39 is 0 Å². The van der Waals surface area contributed by atoms with Crippen molar-refractivity contribution in [1.29, 1.82) is 0 Å². The fourth-order valence-electron chi connectivity index (χ4n) is 0.691. The Morgan fingerprint density at radius 1 is 1.33 bits per heavy atom. The van der Waals surface area contributed by atoms with Crippen LogP contribution in [0.5, 0.6) is 0 Å². The van der Waals surface area contributed by atoms with Crippen molar-refractivity contribution >= 4 is 0 Å². The molecule has 0 radical (unpaired) electrons. The van der Waals surface area contributed by atoms with Crippen molar-refractivity contribution in [3.05, 3.63) is 0 Å². The molecule has 0 aromatic rings. The highest BCUT2D eigenvalue weighted by atomic mass is 16.3. The lowest BCUT2D eigenvalue weighted by Gasteiger charge is -2.26. The van der Waals surface area contributed by atoms with Crippen molar-refractivity contribution < 1.29 is 5.11 Å². The fourth-order valence-corrected chi connectivity index (χ4v) is 0.691. The maximum absolute atomic E-state index is 8.55. The van der Waals surface area contributed by atoms with Gasteiger partial charge in [-0.1, -0.05) is 13.8 Å². The van der Waals surface area contributed by atoms with Gasteiger partial charge in [0.15, 0.2) is 0 Å². The second-order valence-corrected chi connectivity index (χ2v) is 2.60. The first-order valence-corrected chi connectivity index (χ1v) is 3.54. The van der Waals surface area contributed by atoms with E-state index in [9.17, 15) is 0 Å². The van der Waals surface area contributed by atoms with Gasteiger partial charge in [0.25, 0.3) is 0 Å². The SMILES string of the molecule is CCC(C)(CC)NCO. The van der Waals surface area contributed by atoms with E-state index >= 15 is 0 Å². The maximum atomic E-state index is 8.55. The third-order valence-electron chi connectivity index (χ3n) is 2.07. The second kappa shape index (κ2) is 3.85. The molecule has 0 aliphatic heterocycles. The van der Waals surface area contributed by atoms with Crippen LogP contribution in [-0.2, 0) is 0 Å². The number of rotatable bonds is 4. The van der Waals surface area contributed by atoms with Gasteiger partial charge in [-0.25, -0.2) is 0 Å². The van der Waals surface area contributed by atoms with Gasteiger partial charge in [0, 0.05) is 5.54 Å². The first-order chi connectivity index (χ1) is 4.18. The summed E-state index contributed by atoms with van der Waals surface area (Å²) in [7, 11) is 0. The summed E-state index contributed by atoms with van der Waals surface area (Å²) in [5.74, 6) is 0. The first kappa shape index (κ1) is 8.92. The fraction of sp³-hybridized carbons (Fsp3) is 1.00. The Balaban J connectivity index is 3.62.